The Morgan fingerprint density at radius 2 is 2.29 bits per heavy atom. The van der Waals surface area contributed by atoms with Crippen LogP contribution in [0, 0.1) is 0 Å². The van der Waals surface area contributed by atoms with E-state index in [0.29, 0.717) is 17.1 Å². The zero-order chi connectivity index (χ0) is 14.4. The molecule has 1 saturated heterocycles. The van der Waals surface area contributed by atoms with Crippen molar-refractivity contribution >= 4 is 33.8 Å². The molecule has 21 heavy (non-hydrogen) atoms. The van der Waals surface area contributed by atoms with Crippen LogP contribution in [0.4, 0.5) is 5.82 Å². The van der Waals surface area contributed by atoms with E-state index in [-0.39, 0.29) is 11.9 Å². The van der Waals surface area contributed by atoms with Gasteiger partial charge in [-0.15, -0.1) is 10.2 Å². The maximum Gasteiger partial charge on any atom is 0.240 e. The summed E-state index contributed by atoms with van der Waals surface area (Å²) in [7, 11) is 0. The van der Waals surface area contributed by atoms with Crippen LogP contribution in [0.2, 0.25) is 0 Å². The molecule has 0 saturated carbocycles. The highest BCUT2D eigenvalue weighted by molar-refractivity contribution is 6.08. The lowest BCUT2D eigenvalue weighted by atomic mass is 10.2. The van der Waals surface area contributed by atoms with E-state index in [1.165, 1.54) is 6.33 Å². The first-order valence-electron chi connectivity index (χ1n) is 6.76. The van der Waals surface area contributed by atoms with E-state index in [2.05, 4.69) is 25.1 Å². The Hall–Kier alpha value is -2.77. The summed E-state index contributed by atoms with van der Waals surface area (Å²) in [5, 5.41) is 9.89. The van der Waals surface area contributed by atoms with Crippen LogP contribution < -0.4 is 10.6 Å². The van der Waals surface area contributed by atoms with Crippen LogP contribution in [0.15, 0.2) is 18.6 Å². The zero-order valence-corrected chi connectivity index (χ0v) is 11.2. The second-order valence-electron chi connectivity index (χ2n) is 5.09. The molecule has 4 rings (SSSR count). The number of fused-ring (bicyclic) bond motifs is 3. The van der Waals surface area contributed by atoms with Gasteiger partial charge in [0, 0.05) is 18.1 Å². The van der Waals surface area contributed by atoms with E-state index < -0.39 is 0 Å². The molecule has 106 valence electrons. The number of primary amides is 1. The van der Waals surface area contributed by atoms with Crippen LogP contribution in [-0.2, 0) is 4.79 Å². The minimum Gasteiger partial charge on any atom is -0.368 e. The molecule has 3 N–H and O–H groups in total. The Balaban J connectivity index is 2.00. The van der Waals surface area contributed by atoms with Gasteiger partial charge in [-0.25, -0.2) is 9.97 Å². The summed E-state index contributed by atoms with van der Waals surface area (Å²) >= 11 is 0. The van der Waals surface area contributed by atoms with Crippen molar-refractivity contribution in [2.45, 2.75) is 18.9 Å². The van der Waals surface area contributed by atoms with Crippen molar-refractivity contribution in [1.82, 2.24) is 25.1 Å². The van der Waals surface area contributed by atoms with E-state index in [9.17, 15) is 4.79 Å². The van der Waals surface area contributed by atoms with E-state index in [0.717, 1.165) is 30.2 Å². The number of hydrogen-bond acceptors (Lipinski definition) is 6. The molecule has 4 heterocycles. The number of H-pyrrole nitrogens is 1. The van der Waals surface area contributed by atoms with Crippen molar-refractivity contribution in [1.29, 1.82) is 0 Å². The largest absolute Gasteiger partial charge is 0.368 e. The standard InChI is InChI=1S/C13H13N7O/c14-10(21)8-2-1-5-20(8)13-9-7-3-4-15-11(7)18-19-12(9)16-6-17-13/h3-4,6,8H,1-2,5H2,(H2,14,21)(H,15,18). The summed E-state index contributed by atoms with van der Waals surface area (Å²) in [6.45, 7) is 0.744. The van der Waals surface area contributed by atoms with Crippen LogP contribution in [0.1, 0.15) is 12.8 Å². The van der Waals surface area contributed by atoms with Crippen molar-refractivity contribution in [2.24, 2.45) is 5.73 Å². The number of nitrogens with two attached hydrogens (primary N) is 1. The molecule has 0 radical (unpaired) electrons. The van der Waals surface area contributed by atoms with Crippen molar-refractivity contribution < 1.29 is 4.79 Å². The summed E-state index contributed by atoms with van der Waals surface area (Å²) in [6.07, 6.45) is 4.90. The predicted molar refractivity (Wildman–Crippen MR) is 76.5 cm³/mol. The number of rotatable bonds is 2. The molecule has 3 aromatic heterocycles. The molecular weight excluding hydrogens is 270 g/mol. The highest BCUT2D eigenvalue weighted by atomic mass is 16.1. The molecule has 1 unspecified atom stereocenters. The van der Waals surface area contributed by atoms with Crippen LogP contribution in [0.5, 0.6) is 0 Å². The van der Waals surface area contributed by atoms with Crippen LogP contribution in [0.3, 0.4) is 0 Å². The summed E-state index contributed by atoms with van der Waals surface area (Å²) in [6, 6.07) is 1.58. The second kappa shape index (κ2) is 4.37. The Morgan fingerprint density at radius 3 is 3.14 bits per heavy atom. The van der Waals surface area contributed by atoms with Gasteiger partial charge in [0.25, 0.3) is 0 Å². The lowest BCUT2D eigenvalue weighted by Gasteiger charge is -2.24. The Kier molecular flexibility index (Phi) is 2.50. The number of amides is 1. The number of anilines is 1. The SMILES string of the molecule is NC(=O)C1CCCN1c1ncnc2nnc3[nH]ccc3c12. The third kappa shape index (κ3) is 1.72. The Morgan fingerprint density at radius 1 is 1.38 bits per heavy atom. The molecule has 0 bridgehead atoms. The molecule has 0 aliphatic carbocycles. The van der Waals surface area contributed by atoms with E-state index in [1.807, 2.05) is 11.0 Å². The molecule has 8 heteroatoms. The topological polar surface area (TPSA) is 114 Å². The molecule has 3 aromatic rings. The number of carbonyl (C=O) groups excluding carboxylic acids is 1. The second-order valence-corrected chi connectivity index (χ2v) is 5.09. The first-order valence-corrected chi connectivity index (χ1v) is 6.76. The van der Waals surface area contributed by atoms with Crippen LogP contribution in [-0.4, -0.2) is 43.6 Å². The van der Waals surface area contributed by atoms with Gasteiger partial charge in [-0.1, -0.05) is 0 Å². The summed E-state index contributed by atoms with van der Waals surface area (Å²) in [5.41, 5.74) is 6.69. The lowest BCUT2D eigenvalue weighted by Crippen LogP contribution is -2.40. The summed E-state index contributed by atoms with van der Waals surface area (Å²) in [5.74, 6) is 0.368. The van der Waals surface area contributed by atoms with Crippen molar-refractivity contribution in [2.75, 3.05) is 11.4 Å². The molecule has 1 fully saturated rings. The third-order valence-corrected chi connectivity index (χ3v) is 3.90. The maximum atomic E-state index is 11.6. The van der Waals surface area contributed by atoms with E-state index >= 15 is 0 Å². The zero-order valence-electron chi connectivity index (χ0n) is 11.2. The number of nitrogens with one attached hydrogen (secondary N) is 1. The fourth-order valence-electron chi connectivity index (χ4n) is 2.96. The smallest absolute Gasteiger partial charge is 0.240 e. The maximum absolute atomic E-state index is 11.6. The van der Waals surface area contributed by atoms with Crippen LogP contribution >= 0.6 is 0 Å². The fraction of sp³-hybridized carbons (Fsp3) is 0.308. The molecule has 0 spiro atoms. The van der Waals surface area contributed by atoms with Gasteiger partial charge >= 0.3 is 0 Å². The molecule has 0 aromatic carbocycles. The molecule has 1 aliphatic rings. The predicted octanol–water partition coefficient (Wildman–Crippen LogP) is 0.355. The van der Waals surface area contributed by atoms with Gasteiger partial charge < -0.3 is 15.6 Å². The van der Waals surface area contributed by atoms with Gasteiger partial charge in [-0.05, 0) is 18.9 Å². The average Bonchev–Trinajstić information content (AvgIpc) is 3.15. The lowest BCUT2D eigenvalue weighted by molar-refractivity contribution is -0.119. The third-order valence-electron chi connectivity index (χ3n) is 3.90. The average molecular weight is 283 g/mol. The van der Waals surface area contributed by atoms with Crippen molar-refractivity contribution in [3.63, 3.8) is 0 Å². The quantitative estimate of drug-likeness (QED) is 0.701. The molecule has 1 aliphatic heterocycles. The van der Waals surface area contributed by atoms with Gasteiger partial charge in [0.2, 0.25) is 5.91 Å². The minimum absolute atomic E-state index is 0.327. The summed E-state index contributed by atoms with van der Waals surface area (Å²) < 4.78 is 0. The molecular formula is C13H13N7O. The summed E-state index contributed by atoms with van der Waals surface area (Å²) in [4.78, 5) is 25.2. The van der Waals surface area contributed by atoms with E-state index in [1.54, 1.807) is 6.20 Å². The number of aromatic nitrogens is 5. The highest BCUT2D eigenvalue weighted by Crippen LogP contribution is 2.32. The highest BCUT2D eigenvalue weighted by Gasteiger charge is 2.31. The van der Waals surface area contributed by atoms with Crippen molar-refractivity contribution in [3.05, 3.63) is 18.6 Å². The normalized spacial score (nSPS) is 18.7. The monoisotopic (exact) mass is 283 g/mol. The van der Waals surface area contributed by atoms with Crippen LogP contribution in [0.25, 0.3) is 22.1 Å². The van der Waals surface area contributed by atoms with Crippen molar-refractivity contribution in [3.8, 4) is 0 Å². The number of nitrogens with zero attached hydrogens (tertiary/aromatic N) is 5. The minimum atomic E-state index is -0.328. The van der Waals surface area contributed by atoms with Gasteiger partial charge in [0.15, 0.2) is 11.3 Å². The number of carbonyl (C=O) groups is 1. The van der Waals surface area contributed by atoms with Gasteiger partial charge in [-0.2, -0.15) is 0 Å². The molecule has 8 nitrogen and oxygen atoms in total. The number of hydrogen-bond donors (Lipinski definition) is 2. The first-order chi connectivity index (χ1) is 10.3. The van der Waals surface area contributed by atoms with E-state index in [4.69, 9.17) is 5.73 Å². The number of aromatic amines is 1. The first kappa shape index (κ1) is 12.0. The van der Waals surface area contributed by atoms with Gasteiger partial charge in [-0.3, -0.25) is 4.79 Å². The Labute approximate surface area is 119 Å². The molecule has 1 amide bonds. The van der Waals surface area contributed by atoms with Gasteiger partial charge in [0.1, 0.15) is 18.2 Å². The van der Waals surface area contributed by atoms with Gasteiger partial charge in [0.05, 0.1) is 5.39 Å². The molecule has 1 atom stereocenters. The fourth-order valence-corrected chi connectivity index (χ4v) is 2.96. The Bertz CT molecular complexity index is 843.